The van der Waals surface area contributed by atoms with Crippen molar-refractivity contribution in [3.63, 3.8) is 0 Å². The van der Waals surface area contributed by atoms with Crippen LogP contribution in [-0.4, -0.2) is 67.5 Å². The van der Waals surface area contributed by atoms with Crippen LogP contribution in [0.5, 0.6) is 11.5 Å². The first kappa shape index (κ1) is 19.5. The van der Waals surface area contributed by atoms with E-state index in [1.807, 2.05) is 12.1 Å². The van der Waals surface area contributed by atoms with Crippen molar-refractivity contribution in [3.05, 3.63) is 51.7 Å². The highest BCUT2D eigenvalue weighted by atomic mass is 32.1. The summed E-state index contributed by atoms with van der Waals surface area (Å²) in [5, 5.41) is 13.9. The maximum atomic E-state index is 9.54. The predicted octanol–water partition coefficient (Wildman–Crippen LogP) is 3.10. The van der Waals surface area contributed by atoms with E-state index in [-0.39, 0.29) is 6.61 Å². The molecule has 0 unspecified atom stereocenters. The van der Waals surface area contributed by atoms with Crippen molar-refractivity contribution >= 4 is 17.4 Å². The van der Waals surface area contributed by atoms with Crippen molar-refractivity contribution < 1.29 is 14.6 Å². The lowest BCUT2D eigenvalue weighted by atomic mass is 10.0. The van der Waals surface area contributed by atoms with Gasteiger partial charge in [0.05, 0.1) is 7.11 Å². The third-order valence-corrected chi connectivity index (χ3v) is 6.27. The molecule has 2 aliphatic heterocycles. The van der Waals surface area contributed by atoms with Gasteiger partial charge in [-0.25, -0.2) is 0 Å². The molecule has 0 amide bonds. The molecule has 0 radical (unpaired) electrons. The number of benzene rings is 1. The number of rotatable bonds is 7. The number of methoxy groups -OCH3 is 1. The first-order valence-corrected chi connectivity index (χ1v) is 10.8. The van der Waals surface area contributed by atoms with Crippen LogP contribution in [0, 0.1) is 0 Å². The Labute approximate surface area is 170 Å². The quantitative estimate of drug-likeness (QED) is 0.774. The molecule has 0 aliphatic carbocycles. The van der Waals surface area contributed by atoms with E-state index in [0.717, 1.165) is 56.2 Å². The maximum absolute atomic E-state index is 9.54. The number of fused-ring (bicyclic) bond motifs is 1. The van der Waals surface area contributed by atoms with Gasteiger partial charge in [-0.1, -0.05) is 12.1 Å². The van der Waals surface area contributed by atoms with E-state index in [9.17, 15) is 5.11 Å². The molecule has 1 aromatic carbocycles. The van der Waals surface area contributed by atoms with Gasteiger partial charge in [-0.3, -0.25) is 9.80 Å². The van der Waals surface area contributed by atoms with Crippen LogP contribution in [-0.2, 0) is 6.54 Å². The second-order valence-corrected chi connectivity index (χ2v) is 8.25. The second kappa shape index (κ2) is 9.09. The fourth-order valence-electron chi connectivity index (χ4n) is 4.12. The molecular weight excluding hydrogens is 372 g/mol. The SMILES string of the molecule is COc1cccc2c1OCC(CN1CCN(Cc3ccsc3)[C@H](CCO)C1)=C2. The van der Waals surface area contributed by atoms with Crippen molar-refractivity contribution in [2.75, 3.05) is 46.5 Å². The number of ether oxygens (including phenoxy) is 2. The molecule has 28 heavy (non-hydrogen) atoms. The molecule has 150 valence electrons. The number of hydrogen-bond acceptors (Lipinski definition) is 6. The van der Waals surface area contributed by atoms with E-state index in [1.165, 1.54) is 11.1 Å². The van der Waals surface area contributed by atoms with Gasteiger partial charge in [-0.05, 0) is 46.5 Å². The Morgan fingerprint density at radius 2 is 2.18 bits per heavy atom. The molecule has 3 heterocycles. The van der Waals surface area contributed by atoms with E-state index in [4.69, 9.17) is 9.47 Å². The molecule has 1 aromatic heterocycles. The smallest absolute Gasteiger partial charge is 0.168 e. The topological polar surface area (TPSA) is 45.2 Å². The molecule has 1 fully saturated rings. The summed E-state index contributed by atoms with van der Waals surface area (Å²) < 4.78 is 11.4. The Morgan fingerprint density at radius 3 is 2.96 bits per heavy atom. The van der Waals surface area contributed by atoms with Crippen molar-refractivity contribution in [1.29, 1.82) is 0 Å². The molecule has 2 aliphatic rings. The fourth-order valence-corrected chi connectivity index (χ4v) is 4.78. The Morgan fingerprint density at radius 1 is 1.25 bits per heavy atom. The van der Waals surface area contributed by atoms with Gasteiger partial charge in [-0.2, -0.15) is 11.3 Å². The molecule has 0 saturated carbocycles. The second-order valence-electron chi connectivity index (χ2n) is 7.47. The summed E-state index contributed by atoms with van der Waals surface area (Å²) in [6.07, 6.45) is 3.05. The third-order valence-electron chi connectivity index (χ3n) is 5.53. The van der Waals surface area contributed by atoms with E-state index >= 15 is 0 Å². The molecule has 1 saturated heterocycles. The van der Waals surface area contributed by atoms with Gasteiger partial charge in [0.15, 0.2) is 11.5 Å². The van der Waals surface area contributed by atoms with Crippen molar-refractivity contribution in [1.82, 2.24) is 9.80 Å². The predicted molar refractivity (Wildman–Crippen MR) is 113 cm³/mol. The monoisotopic (exact) mass is 400 g/mol. The number of hydrogen-bond donors (Lipinski definition) is 1. The van der Waals surface area contributed by atoms with E-state index in [1.54, 1.807) is 18.4 Å². The van der Waals surface area contributed by atoms with E-state index < -0.39 is 0 Å². The molecule has 0 bridgehead atoms. The Bertz CT molecular complexity index is 806. The minimum atomic E-state index is 0.234. The zero-order valence-corrected chi connectivity index (χ0v) is 17.2. The summed E-state index contributed by atoms with van der Waals surface area (Å²) in [5.41, 5.74) is 3.74. The summed E-state index contributed by atoms with van der Waals surface area (Å²) in [7, 11) is 1.68. The summed E-state index contributed by atoms with van der Waals surface area (Å²) in [5.74, 6) is 1.63. The van der Waals surface area contributed by atoms with Crippen LogP contribution in [0.15, 0.2) is 40.6 Å². The average Bonchev–Trinajstić information content (AvgIpc) is 3.22. The molecular formula is C22H28N2O3S. The summed E-state index contributed by atoms with van der Waals surface area (Å²) in [6.45, 7) is 5.76. The number of aliphatic hydroxyl groups excluding tert-OH is 1. The van der Waals surface area contributed by atoms with Gasteiger partial charge in [0.25, 0.3) is 0 Å². The largest absolute Gasteiger partial charge is 0.493 e. The average molecular weight is 401 g/mol. The Kier molecular flexibility index (Phi) is 6.32. The highest BCUT2D eigenvalue weighted by molar-refractivity contribution is 7.07. The van der Waals surface area contributed by atoms with Crippen LogP contribution in [0.2, 0.25) is 0 Å². The lowest BCUT2D eigenvalue weighted by Gasteiger charge is -2.41. The van der Waals surface area contributed by atoms with Gasteiger partial charge in [0.1, 0.15) is 6.61 Å². The van der Waals surface area contributed by atoms with E-state index in [0.29, 0.717) is 12.6 Å². The summed E-state index contributed by atoms with van der Waals surface area (Å²) >= 11 is 1.75. The molecule has 5 nitrogen and oxygen atoms in total. The molecule has 2 aromatic rings. The number of para-hydroxylation sites is 1. The van der Waals surface area contributed by atoms with Crippen LogP contribution < -0.4 is 9.47 Å². The van der Waals surface area contributed by atoms with Gasteiger partial charge in [-0.15, -0.1) is 0 Å². The first-order chi connectivity index (χ1) is 13.8. The first-order valence-electron chi connectivity index (χ1n) is 9.84. The standard InChI is InChI=1S/C22H28N2O3S/c1-26-21-4-2-3-19-11-18(15-27-22(19)21)12-23-7-8-24(20(14-23)5-9-25)13-17-6-10-28-16-17/h2-4,6,10-11,16,20,25H,5,7-9,12-15H2,1H3/t20-/m1/s1. The van der Waals surface area contributed by atoms with Crippen LogP contribution in [0.25, 0.3) is 6.08 Å². The van der Waals surface area contributed by atoms with Crippen molar-refractivity contribution in [2.24, 2.45) is 0 Å². The van der Waals surface area contributed by atoms with Gasteiger partial charge >= 0.3 is 0 Å². The Hall–Kier alpha value is -1.86. The molecule has 4 rings (SSSR count). The number of thiophene rings is 1. The van der Waals surface area contributed by atoms with Crippen molar-refractivity contribution in [3.8, 4) is 11.5 Å². The highest BCUT2D eigenvalue weighted by Gasteiger charge is 2.27. The minimum absolute atomic E-state index is 0.234. The third kappa shape index (κ3) is 4.41. The van der Waals surface area contributed by atoms with Gasteiger partial charge in [0, 0.05) is 50.9 Å². The zero-order valence-electron chi connectivity index (χ0n) is 16.3. The number of nitrogens with zero attached hydrogens (tertiary/aromatic N) is 2. The maximum Gasteiger partial charge on any atom is 0.168 e. The zero-order chi connectivity index (χ0) is 19.3. The number of aliphatic hydroxyl groups is 1. The highest BCUT2D eigenvalue weighted by Crippen LogP contribution is 2.35. The minimum Gasteiger partial charge on any atom is -0.493 e. The molecule has 6 heteroatoms. The van der Waals surface area contributed by atoms with Gasteiger partial charge < -0.3 is 14.6 Å². The molecule has 1 atom stereocenters. The lowest BCUT2D eigenvalue weighted by Crippen LogP contribution is -2.53. The normalized spacial score (nSPS) is 20.4. The summed E-state index contributed by atoms with van der Waals surface area (Å²) in [6, 6.07) is 8.59. The molecule has 1 N–H and O–H groups in total. The lowest BCUT2D eigenvalue weighted by molar-refractivity contribution is 0.0575. The molecule has 0 spiro atoms. The van der Waals surface area contributed by atoms with Crippen LogP contribution in [0.3, 0.4) is 0 Å². The van der Waals surface area contributed by atoms with Gasteiger partial charge in [0.2, 0.25) is 0 Å². The number of piperazine rings is 1. The summed E-state index contributed by atoms with van der Waals surface area (Å²) in [4.78, 5) is 5.01. The van der Waals surface area contributed by atoms with Crippen LogP contribution >= 0.6 is 11.3 Å². The van der Waals surface area contributed by atoms with Crippen LogP contribution in [0.4, 0.5) is 0 Å². The Balaban J connectivity index is 1.41. The van der Waals surface area contributed by atoms with E-state index in [2.05, 4.69) is 38.8 Å². The van der Waals surface area contributed by atoms with Crippen LogP contribution in [0.1, 0.15) is 17.5 Å². The van der Waals surface area contributed by atoms with Crippen molar-refractivity contribution in [2.45, 2.75) is 19.0 Å². The fraction of sp³-hybridized carbons (Fsp3) is 0.455.